The summed E-state index contributed by atoms with van der Waals surface area (Å²) in [5.74, 6) is -0.182. The molecule has 2 aromatic carbocycles. The number of halogens is 2. The first-order valence-electron chi connectivity index (χ1n) is 11.1. The quantitative estimate of drug-likeness (QED) is 0.348. The number of hydrogen-bond donors (Lipinski definition) is 1. The van der Waals surface area contributed by atoms with Crippen molar-refractivity contribution in [3.8, 4) is 28.4 Å². The highest BCUT2D eigenvalue weighted by Crippen LogP contribution is 2.26. The van der Waals surface area contributed by atoms with Crippen LogP contribution in [0, 0.1) is 11.6 Å². The summed E-state index contributed by atoms with van der Waals surface area (Å²) in [7, 11) is 1.67. The van der Waals surface area contributed by atoms with E-state index in [9.17, 15) is 8.78 Å². The highest BCUT2D eigenvalue weighted by atomic mass is 19.2. The molecule has 2 aromatic heterocycles. The Bertz CT molecular complexity index is 1330. The van der Waals surface area contributed by atoms with Gasteiger partial charge in [-0.15, -0.1) is 0 Å². The molecule has 0 radical (unpaired) electrons. The summed E-state index contributed by atoms with van der Waals surface area (Å²) in [6.07, 6.45) is 2.41. The van der Waals surface area contributed by atoms with Crippen LogP contribution in [0.3, 0.4) is 0 Å². The summed E-state index contributed by atoms with van der Waals surface area (Å²) < 4.78 is 44.0. The van der Waals surface area contributed by atoms with Crippen LogP contribution in [0.15, 0.2) is 58.2 Å². The third kappa shape index (κ3) is 5.07. The minimum absolute atomic E-state index is 0.0746. The molecule has 1 N–H and O–H groups in total. The molecule has 0 saturated heterocycles. The minimum Gasteiger partial charge on any atom is -0.494 e. The third-order valence-corrected chi connectivity index (χ3v) is 5.51. The van der Waals surface area contributed by atoms with Gasteiger partial charge in [-0.1, -0.05) is 11.2 Å². The number of hydrazone groups is 1. The summed E-state index contributed by atoms with van der Waals surface area (Å²) in [6, 6.07) is 13.5. The van der Waals surface area contributed by atoms with Crippen LogP contribution < -0.4 is 4.74 Å². The molecule has 0 spiro atoms. The van der Waals surface area contributed by atoms with Gasteiger partial charge in [-0.2, -0.15) is 5.10 Å². The standard InChI is InChI=1S/C25H23F2N5O3/c1-33-10-3-11-34-17-8-6-16(7-9-17)21-12-18(35-31-21)14-32-15-23-22(13-28-32)29-25(30-23)19-4-2-5-20(26)24(19)27/h2,4-9,12-13H,3,10-11,14-15H2,1H3,(H,29,30). The monoisotopic (exact) mass is 479 g/mol. The van der Waals surface area contributed by atoms with E-state index in [4.69, 9.17) is 14.0 Å². The molecule has 1 aliphatic rings. The lowest BCUT2D eigenvalue weighted by atomic mass is 10.1. The number of imidazole rings is 1. The van der Waals surface area contributed by atoms with Gasteiger partial charge in [0.1, 0.15) is 23.0 Å². The second-order valence-corrected chi connectivity index (χ2v) is 8.02. The van der Waals surface area contributed by atoms with Gasteiger partial charge in [-0.05, 0) is 36.4 Å². The SMILES string of the molecule is COCCCOc1ccc(-c2cc(CN3Cc4[nH]c(-c5cccc(F)c5F)nc4C=N3)on2)cc1. The normalized spacial score (nSPS) is 12.7. The second-order valence-electron chi connectivity index (χ2n) is 8.02. The highest BCUT2D eigenvalue weighted by molar-refractivity contribution is 5.80. The van der Waals surface area contributed by atoms with Gasteiger partial charge in [0.2, 0.25) is 0 Å². The molecular weight excluding hydrogens is 456 g/mol. The summed E-state index contributed by atoms with van der Waals surface area (Å²) in [5.41, 5.74) is 3.02. The van der Waals surface area contributed by atoms with Crippen LogP contribution in [0.25, 0.3) is 22.6 Å². The number of H-pyrrole nitrogens is 1. The predicted molar refractivity (Wildman–Crippen MR) is 125 cm³/mol. The number of aromatic amines is 1. The average Bonchev–Trinajstić information content (AvgIpc) is 3.51. The number of rotatable bonds is 9. The summed E-state index contributed by atoms with van der Waals surface area (Å²) in [5, 5.41) is 10.3. The number of ether oxygens (including phenoxy) is 2. The maximum Gasteiger partial charge on any atom is 0.169 e. The Hall–Kier alpha value is -4.05. The molecule has 0 atom stereocenters. The van der Waals surface area contributed by atoms with E-state index in [-0.39, 0.29) is 11.4 Å². The van der Waals surface area contributed by atoms with Crippen LogP contribution in [-0.4, -0.2) is 46.7 Å². The summed E-state index contributed by atoms with van der Waals surface area (Å²) in [6.45, 7) is 2.04. The fourth-order valence-corrected chi connectivity index (χ4v) is 3.74. The first kappa shape index (κ1) is 22.7. The zero-order valence-electron chi connectivity index (χ0n) is 19.0. The van der Waals surface area contributed by atoms with Crippen molar-refractivity contribution < 1.29 is 22.8 Å². The Labute approximate surface area is 200 Å². The number of nitrogens with one attached hydrogen (secondary N) is 1. The molecule has 4 aromatic rings. The molecule has 0 saturated carbocycles. The van der Waals surface area contributed by atoms with E-state index in [1.807, 2.05) is 30.3 Å². The predicted octanol–water partition coefficient (Wildman–Crippen LogP) is 4.77. The van der Waals surface area contributed by atoms with Gasteiger partial charge in [-0.25, -0.2) is 13.8 Å². The van der Waals surface area contributed by atoms with Gasteiger partial charge >= 0.3 is 0 Å². The maximum atomic E-state index is 14.2. The van der Waals surface area contributed by atoms with Crippen LogP contribution in [0.4, 0.5) is 8.78 Å². The third-order valence-electron chi connectivity index (χ3n) is 5.51. The Morgan fingerprint density at radius 1 is 1.11 bits per heavy atom. The number of aromatic nitrogens is 3. The van der Waals surface area contributed by atoms with Crippen molar-refractivity contribution in [1.29, 1.82) is 0 Å². The van der Waals surface area contributed by atoms with Gasteiger partial charge in [0.05, 0.1) is 37.2 Å². The largest absolute Gasteiger partial charge is 0.494 e. The highest BCUT2D eigenvalue weighted by Gasteiger charge is 2.21. The molecule has 1 aliphatic heterocycles. The van der Waals surface area contributed by atoms with E-state index in [1.165, 1.54) is 12.1 Å². The Balaban J connectivity index is 1.22. The molecule has 180 valence electrons. The van der Waals surface area contributed by atoms with E-state index in [0.29, 0.717) is 43.5 Å². The smallest absolute Gasteiger partial charge is 0.169 e. The van der Waals surface area contributed by atoms with Gasteiger partial charge in [0.25, 0.3) is 0 Å². The first-order valence-corrected chi connectivity index (χ1v) is 11.1. The Morgan fingerprint density at radius 2 is 1.97 bits per heavy atom. The minimum atomic E-state index is -0.938. The van der Waals surface area contributed by atoms with E-state index in [1.54, 1.807) is 18.3 Å². The van der Waals surface area contributed by atoms with Gasteiger partial charge < -0.3 is 19.0 Å². The lowest BCUT2D eigenvalue weighted by Gasteiger charge is -2.19. The fourth-order valence-electron chi connectivity index (χ4n) is 3.74. The molecule has 3 heterocycles. The van der Waals surface area contributed by atoms with Crippen LogP contribution in [0.2, 0.25) is 0 Å². The Kier molecular flexibility index (Phi) is 6.53. The van der Waals surface area contributed by atoms with E-state index >= 15 is 0 Å². The lowest BCUT2D eigenvalue weighted by Crippen LogP contribution is -2.21. The van der Waals surface area contributed by atoms with Crippen molar-refractivity contribution in [2.45, 2.75) is 19.5 Å². The number of methoxy groups -OCH3 is 1. The van der Waals surface area contributed by atoms with Crippen LogP contribution in [0.1, 0.15) is 23.6 Å². The average molecular weight is 479 g/mol. The first-order chi connectivity index (χ1) is 17.1. The molecule has 0 unspecified atom stereocenters. The van der Waals surface area contributed by atoms with Gasteiger partial charge in [-0.3, -0.25) is 5.01 Å². The molecule has 35 heavy (non-hydrogen) atoms. The number of nitrogens with zero attached hydrogens (tertiary/aromatic N) is 4. The van der Waals surface area contributed by atoms with Crippen LogP contribution in [-0.2, 0) is 17.8 Å². The van der Waals surface area contributed by atoms with Crippen molar-refractivity contribution in [3.63, 3.8) is 0 Å². The molecule has 0 aliphatic carbocycles. The fraction of sp³-hybridized carbons (Fsp3) is 0.240. The molecule has 8 nitrogen and oxygen atoms in total. The molecule has 0 bridgehead atoms. The summed E-state index contributed by atoms with van der Waals surface area (Å²) in [4.78, 5) is 7.43. The zero-order chi connectivity index (χ0) is 24.2. The summed E-state index contributed by atoms with van der Waals surface area (Å²) >= 11 is 0. The van der Waals surface area contributed by atoms with Crippen LogP contribution >= 0.6 is 0 Å². The molecule has 5 rings (SSSR count). The van der Waals surface area contributed by atoms with Crippen molar-refractivity contribution in [3.05, 3.63) is 77.3 Å². The van der Waals surface area contributed by atoms with Crippen molar-refractivity contribution in [2.24, 2.45) is 5.10 Å². The number of hydrogen-bond acceptors (Lipinski definition) is 7. The zero-order valence-corrected chi connectivity index (χ0v) is 19.0. The molecule has 0 fully saturated rings. The lowest BCUT2D eigenvalue weighted by molar-refractivity contribution is 0.172. The van der Waals surface area contributed by atoms with E-state index < -0.39 is 11.6 Å². The van der Waals surface area contributed by atoms with E-state index in [2.05, 4.69) is 20.2 Å². The van der Waals surface area contributed by atoms with Gasteiger partial charge in [0, 0.05) is 31.8 Å². The number of fused-ring (bicyclic) bond motifs is 1. The maximum absolute atomic E-state index is 14.2. The second kappa shape index (κ2) is 10.1. The molecule has 0 amide bonds. The van der Waals surface area contributed by atoms with Crippen molar-refractivity contribution in [2.75, 3.05) is 20.3 Å². The van der Waals surface area contributed by atoms with Crippen molar-refractivity contribution in [1.82, 2.24) is 20.1 Å². The van der Waals surface area contributed by atoms with Crippen molar-refractivity contribution >= 4 is 6.21 Å². The molecular formula is C25H23F2N5O3. The topological polar surface area (TPSA) is 88.8 Å². The van der Waals surface area contributed by atoms with Gasteiger partial charge in [0.15, 0.2) is 17.4 Å². The molecule has 10 heteroatoms. The van der Waals surface area contributed by atoms with Crippen LogP contribution in [0.5, 0.6) is 5.75 Å². The van der Waals surface area contributed by atoms with E-state index in [0.717, 1.165) is 29.5 Å². The Morgan fingerprint density at radius 3 is 2.80 bits per heavy atom. The number of benzene rings is 2.